The molecule has 3 rings (SSSR count). The number of amides is 1. The minimum Gasteiger partial charge on any atom is -0.385 e. The van der Waals surface area contributed by atoms with Crippen LogP contribution in [0, 0.1) is 5.82 Å². The molecule has 0 unspecified atom stereocenters. The minimum absolute atomic E-state index is 0.0453. The number of carbonyl (C=O) groups is 1. The second-order valence-corrected chi connectivity index (χ2v) is 8.15. The van der Waals surface area contributed by atoms with E-state index in [0.717, 1.165) is 12.1 Å². The molecule has 0 radical (unpaired) electrons. The molecule has 1 aliphatic rings. The lowest BCUT2D eigenvalue weighted by atomic mass is 9.95. The van der Waals surface area contributed by atoms with Crippen LogP contribution in [0.15, 0.2) is 40.8 Å². The van der Waals surface area contributed by atoms with E-state index < -0.39 is 23.5 Å². The van der Waals surface area contributed by atoms with Gasteiger partial charge in [0.15, 0.2) is 0 Å². The first-order valence-electron chi connectivity index (χ1n) is 10.9. The Bertz CT molecular complexity index is 1150. The van der Waals surface area contributed by atoms with Gasteiger partial charge in [-0.15, -0.1) is 0 Å². The van der Waals surface area contributed by atoms with E-state index in [-0.39, 0.29) is 28.7 Å². The molecule has 1 fully saturated rings. The molecular weight excluding hydrogens is 468 g/mol. The van der Waals surface area contributed by atoms with Gasteiger partial charge in [0.05, 0.1) is 11.3 Å². The third kappa shape index (κ3) is 5.56. The Morgan fingerprint density at radius 3 is 2.40 bits per heavy atom. The van der Waals surface area contributed by atoms with Gasteiger partial charge < -0.3 is 32.4 Å². The van der Waals surface area contributed by atoms with E-state index in [0.29, 0.717) is 50.5 Å². The van der Waals surface area contributed by atoms with Gasteiger partial charge in [0.1, 0.15) is 28.9 Å². The number of benzene rings is 1. The third-order valence-corrected chi connectivity index (χ3v) is 5.95. The molecule has 2 aromatic rings. The number of imidazole rings is 1. The molecule has 1 saturated heterocycles. The maximum Gasteiger partial charge on any atom is 0.419 e. The molecular formula is C22H28F4N8O. The van der Waals surface area contributed by atoms with Crippen LogP contribution in [-0.4, -0.2) is 52.9 Å². The van der Waals surface area contributed by atoms with Gasteiger partial charge in [-0.1, -0.05) is 0 Å². The lowest BCUT2D eigenvalue weighted by Crippen LogP contribution is -2.41. The van der Waals surface area contributed by atoms with Crippen LogP contribution in [-0.2, 0) is 17.5 Å². The van der Waals surface area contributed by atoms with Crippen LogP contribution in [0.1, 0.15) is 30.1 Å². The number of aromatic nitrogens is 2. The lowest BCUT2D eigenvalue weighted by molar-refractivity contribution is -0.140. The zero-order valence-electron chi connectivity index (χ0n) is 19.1. The SMILES string of the molecule is CN=C(N)C(C(N)=O)=C(N)N1CCC(c2nc(-c3ccc(F)c(C(F)(F)F)c3)cn2CCN)CC1. The summed E-state index contributed by atoms with van der Waals surface area (Å²) in [6.07, 6.45) is -2.01. The highest BCUT2D eigenvalue weighted by molar-refractivity contribution is 6.20. The monoisotopic (exact) mass is 496 g/mol. The molecule has 0 aliphatic carbocycles. The quantitative estimate of drug-likeness (QED) is 0.197. The lowest BCUT2D eigenvalue weighted by Gasteiger charge is -2.34. The van der Waals surface area contributed by atoms with Crippen LogP contribution in [0.4, 0.5) is 17.6 Å². The fourth-order valence-corrected chi connectivity index (χ4v) is 4.15. The number of hydrogen-bond acceptors (Lipinski definition) is 6. The summed E-state index contributed by atoms with van der Waals surface area (Å²) in [5.41, 5.74) is 22.1. The van der Waals surface area contributed by atoms with Crippen LogP contribution >= 0.6 is 0 Å². The normalized spacial score (nSPS) is 16.4. The molecule has 0 spiro atoms. The Labute approximate surface area is 199 Å². The molecule has 1 aromatic heterocycles. The standard InChI is InChI=1S/C22H28F4N8O/c1-31-18(28)17(20(30)35)19(29)33-7-4-12(5-8-33)21-32-16(11-34(21)9-6-27)13-2-3-15(23)14(10-13)22(24,25)26/h2-3,10-12H,4-9,27,29H2,1H3,(H2,28,31)(H2,30,35). The number of piperidine rings is 1. The first-order chi connectivity index (χ1) is 16.5. The zero-order valence-corrected chi connectivity index (χ0v) is 19.1. The van der Waals surface area contributed by atoms with Crippen molar-refractivity contribution in [2.24, 2.45) is 27.9 Å². The number of primary amides is 1. The summed E-state index contributed by atoms with van der Waals surface area (Å²) in [6.45, 7) is 1.63. The summed E-state index contributed by atoms with van der Waals surface area (Å²) >= 11 is 0. The summed E-state index contributed by atoms with van der Waals surface area (Å²) in [5.74, 6) is -1.43. The predicted octanol–water partition coefficient (Wildman–Crippen LogP) is 1.49. The van der Waals surface area contributed by atoms with E-state index in [1.54, 1.807) is 11.1 Å². The van der Waals surface area contributed by atoms with Gasteiger partial charge >= 0.3 is 6.18 Å². The van der Waals surface area contributed by atoms with Crippen LogP contribution in [0.5, 0.6) is 0 Å². The molecule has 1 aliphatic heterocycles. The third-order valence-electron chi connectivity index (χ3n) is 5.95. The molecule has 1 amide bonds. The number of nitrogens with two attached hydrogens (primary N) is 4. The van der Waals surface area contributed by atoms with Gasteiger partial charge in [-0.05, 0) is 31.0 Å². The fraction of sp³-hybridized carbons (Fsp3) is 0.409. The Morgan fingerprint density at radius 1 is 1.20 bits per heavy atom. The zero-order chi connectivity index (χ0) is 25.9. The van der Waals surface area contributed by atoms with Gasteiger partial charge in [-0.2, -0.15) is 13.2 Å². The molecule has 0 saturated carbocycles. The summed E-state index contributed by atoms with van der Waals surface area (Å²) < 4.78 is 55.1. The van der Waals surface area contributed by atoms with Crippen molar-refractivity contribution < 1.29 is 22.4 Å². The molecule has 190 valence electrons. The number of rotatable bonds is 7. The Kier molecular flexibility index (Phi) is 7.68. The van der Waals surface area contributed by atoms with E-state index in [9.17, 15) is 22.4 Å². The highest BCUT2D eigenvalue weighted by Crippen LogP contribution is 2.35. The topological polar surface area (TPSA) is 155 Å². The smallest absolute Gasteiger partial charge is 0.385 e. The molecule has 35 heavy (non-hydrogen) atoms. The van der Waals surface area contributed by atoms with Gasteiger partial charge in [0.2, 0.25) is 0 Å². The summed E-state index contributed by atoms with van der Waals surface area (Å²) in [6, 6.07) is 2.81. The van der Waals surface area contributed by atoms with Crippen molar-refractivity contribution in [3.63, 3.8) is 0 Å². The number of amidine groups is 1. The van der Waals surface area contributed by atoms with Crippen molar-refractivity contribution in [3.8, 4) is 11.3 Å². The van der Waals surface area contributed by atoms with Crippen molar-refractivity contribution in [2.45, 2.75) is 31.5 Å². The van der Waals surface area contributed by atoms with Gasteiger partial charge in [0, 0.05) is 50.9 Å². The van der Waals surface area contributed by atoms with Gasteiger partial charge in [-0.3, -0.25) is 9.79 Å². The van der Waals surface area contributed by atoms with Crippen LogP contribution < -0.4 is 22.9 Å². The highest BCUT2D eigenvalue weighted by atomic mass is 19.4. The molecule has 8 N–H and O–H groups in total. The summed E-state index contributed by atoms with van der Waals surface area (Å²) in [5, 5.41) is 0. The number of halogens is 4. The summed E-state index contributed by atoms with van der Waals surface area (Å²) in [4.78, 5) is 22.0. The number of aliphatic imine (C=N–C) groups is 1. The van der Waals surface area contributed by atoms with Crippen molar-refractivity contribution in [1.29, 1.82) is 0 Å². The van der Waals surface area contributed by atoms with E-state index in [1.807, 2.05) is 4.57 Å². The number of alkyl halides is 3. The van der Waals surface area contributed by atoms with Crippen LogP contribution in [0.2, 0.25) is 0 Å². The fourth-order valence-electron chi connectivity index (χ4n) is 4.15. The maximum atomic E-state index is 13.7. The Morgan fingerprint density at radius 2 is 1.86 bits per heavy atom. The molecule has 13 heteroatoms. The van der Waals surface area contributed by atoms with E-state index in [4.69, 9.17) is 22.9 Å². The first kappa shape index (κ1) is 26.0. The van der Waals surface area contributed by atoms with E-state index in [2.05, 4.69) is 9.98 Å². The van der Waals surface area contributed by atoms with Gasteiger partial charge in [0.25, 0.3) is 5.91 Å². The average Bonchev–Trinajstić information content (AvgIpc) is 3.22. The minimum atomic E-state index is -4.82. The number of nitrogens with zero attached hydrogens (tertiary/aromatic N) is 4. The molecule has 0 bridgehead atoms. The molecule has 0 atom stereocenters. The Hall–Kier alpha value is -3.61. The van der Waals surface area contributed by atoms with E-state index >= 15 is 0 Å². The second-order valence-electron chi connectivity index (χ2n) is 8.15. The van der Waals surface area contributed by atoms with Gasteiger partial charge in [-0.25, -0.2) is 9.37 Å². The van der Waals surface area contributed by atoms with Crippen molar-refractivity contribution in [3.05, 3.63) is 53.0 Å². The number of carbonyl (C=O) groups excluding carboxylic acids is 1. The predicted molar refractivity (Wildman–Crippen MR) is 123 cm³/mol. The van der Waals surface area contributed by atoms with Crippen molar-refractivity contribution >= 4 is 11.7 Å². The number of hydrogen-bond donors (Lipinski definition) is 4. The van der Waals surface area contributed by atoms with Crippen LogP contribution in [0.3, 0.4) is 0 Å². The number of likely N-dealkylation sites (tertiary alicyclic amines) is 1. The largest absolute Gasteiger partial charge is 0.419 e. The Balaban J connectivity index is 1.88. The molecule has 2 heterocycles. The average molecular weight is 497 g/mol. The second kappa shape index (κ2) is 10.3. The maximum absolute atomic E-state index is 13.7. The van der Waals surface area contributed by atoms with Crippen molar-refractivity contribution in [1.82, 2.24) is 14.5 Å². The molecule has 9 nitrogen and oxygen atoms in total. The van der Waals surface area contributed by atoms with E-state index in [1.165, 1.54) is 13.1 Å². The first-order valence-corrected chi connectivity index (χ1v) is 10.9. The van der Waals surface area contributed by atoms with Crippen molar-refractivity contribution in [2.75, 3.05) is 26.7 Å². The molecule has 1 aromatic carbocycles. The van der Waals surface area contributed by atoms with Crippen LogP contribution in [0.25, 0.3) is 11.3 Å². The summed E-state index contributed by atoms with van der Waals surface area (Å²) in [7, 11) is 1.42. The highest BCUT2D eigenvalue weighted by Gasteiger charge is 2.35.